The van der Waals surface area contributed by atoms with E-state index in [-0.39, 0.29) is 5.91 Å². The number of nitrogens with one attached hydrogen (secondary N) is 2. The Morgan fingerprint density at radius 2 is 2.10 bits per heavy atom. The summed E-state index contributed by atoms with van der Waals surface area (Å²) in [7, 11) is 0. The Kier molecular flexibility index (Phi) is 3.84. The first-order valence-electron chi connectivity index (χ1n) is 7.08. The monoisotopic (exact) mass is 300 g/mol. The Hall–Kier alpha value is -2.00. The van der Waals surface area contributed by atoms with Crippen molar-refractivity contribution in [3.05, 3.63) is 58.1 Å². The minimum Gasteiger partial charge on any atom is -0.385 e. The van der Waals surface area contributed by atoms with Crippen LogP contribution in [0.15, 0.2) is 36.4 Å². The van der Waals surface area contributed by atoms with Crippen molar-refractivity contribution < 1.29 is 4.79 Å². The summed E-state index contributed by atoms with van der Waals surface area (Å²) in [6, 6.07) is 11.3. The zero-order chi connectivity index (χ0) is 14.8. The molecule has 0 unspecified atom stereocenters. The lowest BCUT2D eigenvalue weighted by molar-refractivity contribution is 0.102. The lowest BCUT2D eigenvalue weighted by atomic mass is 10.0. The zero-order valence-corrected chi connectivity index (χ0v) is 12.6. The molecule has 2 N–H and O–H groups in total. The van der Waals surface area contributed by atoms with Gasteiger partial charge in [0.1, 0.15) is 0 Å². The second-order valence-corrected chi connectivity index (χ2v) is 5.73. The zero-order valence-electron chi connectivity index (χ0n) is 11.9. The molecule has 1 amide bonds. The molecule has 1 aliphatic rings. The molecule has 3 nitrogen and oxygen atoms in total. The summed E-state index contributed by atoms with van der Waals surface area (Å²) >= 11 is 5.99. The molecule has 0 bridgehead atoms. The van der Waals surface area contributed by atoms with E-state index in [1.165, 1.54) is 11.3 Å². The number of carbonyl (C=O) groups is 1. The van der Waals surface area contributed by atoms with E-state index >= 15 is 0 Å². The van der Waals surface area contributed by atoms with Crippen LogP contribution >= 0.6 is 11.6 Å². The second kappa shape index (κ2) is 5.78. The molecule has 0 saturated heterocycles. The van der Waals surface area contributed by atoms with Crippen molar-refractivity contribution in [2.75, 3.05) is 17.2 Å². The van der Waals surface area contributed by atoms with Crippen LogP contribution in [0.1, 0.15) is 27.9 Å². The molecule has 108 valence electrons. The highest BCUT2D eigenvalue weighted by atomic mass is 35.5. The van der Waals surface area contributed by atoms with Crippen molar-refractivity contribution in [1.82, 2.24) is 0 Å². The number of halogens is 1. The van der Waals surface area contributed by atoms with Crippen molar-refractivity contribution in [3.63, 3.8) is 0 Å². The summed E-state index contributed by atoms with van der Waals surface area (Å²) in [5.41, 5.74) is 4.77. The van der Waals surface area contributed by atoms with Crippen LogP contribution < -0.4 is 10.6 Å². The average molecular weight is 301 g/mol. The topological polar surface area (TPSA) is 41.1 Å². The van der Waals surface area contributed by atoms with E-state index < -0.39 is 0 Å². The summed E-state index contributed by atoms with van der Waals surface area (Å²) in [5.74, 6) is -0.113. The molecule has 0 spiro atoms. The van der Waals surface area contributed by atoms with Gasteiger partial charge in [0.15, 0.2) is 0 Å². The maximum atomic E-state index is 12.3. The largest absolute Gasteiger partial charge is 0.385 e. The van der Waals surface area contributed by atoms with E-state index in [9.17, 15) is 4.79 Å². The van der Waals surface area contributed by atoms with Gasteiger partial charge in [-0.3, -0.25) is 4.79 Å². The summed E-state index contributed by atoms with van der Waals surface area (Å²) in [5, 5.41) is 6.98. The molecule has 4 heteroatoms. The Balaban J connectivity index is 1.79. The summed E-state index contributed by atoms with van der Waals surface area (Å²) in [4.78, 5) is 12.3. The molecule has 0 aliphatic carbocycles. The lowest BCUT2D eigenvalue weighted by Gasteiger charge is -2.18. The van der Waals surface area contributed by atoms with Crippen LogP contribution in [0.5, 0.6) is 0 Å². The first-order chi connectivity index (χ1) is 10.1. The number of anilines is 2. The molecule has 3 rings (SSSR count). The molecule has 0 saturated carbocycles. The Labute approximate surface area is 129 Å². The number of amides is 1. The van der Waals surface area contributed by atoms with Gasteiger partial charge >= 0.3 is 0 Å². The van der Waals surface area contributed by atoms with Gasteiger partial charge in [0.05, 0.1) is 0 Å². The average Bonchev–Trinajstić information content (AvgIpc) is 2.50. The van der Waals surface area contributed by atoms with Crippen molar-refractivity contribution in [2.24, 2.45) is 0 Å². The van der Waals surface area contributed by atoms with E-state index in [0.717, 1.165) is 30.6 Å². The number of fused-ring (bicyclic) bond motifs is 1. The van der Waals surface area contributed by atoms with Crippen molar-refractivity contribution in [1.29, 1.82) is 0 Å². The van der Waals surface area contributed by atoms with E-state index in [1.807, 2.05) is 25.1 Å². The molecular weight excluding hydrogens is 284 g/mol. The maximum absolute atomic E-state index is 12.3. The Morgan fingerprint density at radius 1 is 1.24 bits per heavy atom. The molecule has 21 heavy (non-hydrogen) atoms. The summed E-state index contributed by atoms with van der Waals surface area (Å²) in [6.07, 6.45) is 2.17. The van der Waals surface area contributed by atoms with Crippen LogP contribution in [0.2, 0.25) is 5.02 Å². The van der Waals surface area contributed by atoms with Crippen LogP contribution in [0.4, 0.5) is 11.4 Å². The highest BCUT2D eigenvalue weighted by Crippen LogP contribution is 2.25. The predicted octanol–water partition coefficient (Wildman–Crippen LogP) is 4.26. The van der Waals surface area contributed by atoms with Crippen LogP contribution in [-0.4, -0.2) is 12.5 Å². The van der Waals surface area contributed by atoms with Crippen molar-refractivity contribution in [3.8, 4) is 0 Å². The number of rotatable bonds is 2. The fourth-order valence-electron chi connectivity index (χ4n) is 2.54. The first-order valence-corrected chi connectivity index (χ1v) is 7.45. The van der Waals surface area contributed by atoms with E-state index in [1.54, 1.807) is 18.2 Å². The molecule has 2 aromatic rings. The van der Waals surface area contributed by atoms with Gasteiger partial charge in [0.2, 0.25) is 0 Å². The third-order valence-electron chi connectivity index (χ3n) is 3.72. The fraction of sp³-hybridized carbons (Fsp3) is 0.235. The first kappa shape index (κ1) is 14.0. The molecule has 1 heterocycles. The molecule has 1 aliphatic heterocycles. The van der Waals surface area contributed by atoms with Crippen LogP contribution in [0.25, 0.3) is 0 Å². The van der Waals surface area contributed by atoms with Crippen molar-refractivity contribution in [2.45, 2.75) is 19.8 Å². The van der Waals surface area contributed by atoms with Gasteiger partial charge in [-0.25, -0.2) is 0 Å². The minimum absolute atomic E-state index is 0.113. The third kappa shape index (κ3) is 3.03. The fourth-order valence-corrected chi connectivity index (χ4v) is 2.66. The highest BCUT2D eigenvalue weighted by Gasteiger charge is 2.11. The van der Waals surface area contributed by atoms with Gasteiger partial charge in [-0.1, -0.05) is 11.6 Å². The Bertz CT molecular complexity index is 697. The number of carbonyl (C=O) groups excluding carboxylic acids is 1. The molecular formula is C17H17ClN2O. The summed E-state index contributed by atoms with van der Waals surface area (Å²) < 4.78 is 0. The van der Waals surface area contributed by atoms with Gasteiger partial charge < -0.3 is 10.6 Å². The number of aryl methyl sites for hydroxylation is 2. The molecule has 0 atom stereocenters. The molecule has 2 aromatic carbocycles. The number of hydrogen-bond donors (Lipinski definition) is 2. The SMILES string of the molecule is Cc1cc(C(=O)Nc2ccc3c(c2)CCCN3)ccc1Cl. The molecule has 0 radical (unpaired) electrons. The molecule has 0 aromatic heterocycles. The third-order valence-corrected chi connectivity index (χ3v) is 4.15. The van der Waals surface area contributed by atoms with E-state index in [4.69, 9.17) is 11.6 Å². The standard InChI is InChI=1S/C17H17ClN2O/c1-11-9-13(4-6-15(11)18)17(21)20-14-5-7-16-12(10-14)3-2-8-19-16/h4-7,9-10,19H,2-3,8H2,1H3,(H,20,21). The van der Waals surface area contributed by atoms with Gasteiger partial charge in [-0.2, -0.15) is 0 Å². The van der Waals surface area contributed by atoms with Gasteiger partial charge in [0.25, 0.3) is 5.91 Å². The number of benzene rings is 2. The van der Waals surface area contributed by atoms with Crippen LogP contribution in [-0.2, 0) is 6.42 Å². The summed E-state index contributed by atoms with van der Waals surface area (Å²) in [6.45, 7) is 2.91. The highest BCUT2D eigenvalue weighted by molar-refractivity contribution is 6.31. The van der Waals surface area contributed by atoms with Gasteiger partial charge in [-0.05, 0) is 67.3 Å². The maximum Gasteiger partial charge on any atom is 0.255 e. The second-order valence-electron chi connectivity index (χ2n) is 5.32. The van der Waals surface area contributed by atoms with Crippen LogP contribution in [0, 0.1) is 6.92 Å². The normalized spacial score (nSPS) is 13.2. The van der Waals surface area contributed by atoms with Gasteiger partial charge in [-0.15, -0.1) is 0 Å². The van der Waals surface area contributed by atoms with Crippen LogP contribution in [0.3, 0.4) is 0 Å². The van der Waals surface area contributed by atoms with Crippen molar-refractivity contribution >= 4 is 28.9 Å². The quantitative estimate of drug-likeness (QED) is 0.870. The Morgan fingerprint density at radius 3 is 2.90 bits per heavy atom. The van der Waals surface area contributed by atoms with E-state index in [0.29, 0.717) is 10.6 Å². The molecule has 0 fully saturated rings. The minimum atomic E-state index is -0.113. The van der Waals surface area contributed by atoms with Gasteiger partial charge in [0, 0.05) is 28.5 Å². The predicted molar refractivity (Wildman–Crippen MR) is 87.4 cm³/mol. The van der Waals surface area contributed by atoms with E-state index in [2.05, 4.69) is 10.6 Å². The number of hydrogen-bond acceptors (Lipinski definition) is 2. The smallest absolute Gasteiger partial charge is 0.255 e. The lowest BCUT2D eigenvalue weighted by Crippen LogP contribution is -2.14.